The first-order valence-corrected chi connectivity index (χ1v) is 10.1. The van der Waals surface area contributed by atoms with E-state index in [-0.39, 0.29) is 77.3 Å². The number of carbonyl (C=O) groups is 2. The zero-order chi connectivity index (χ0) is 22.2. The Morgan fingerprint density at radius 3 is 1.20 bits per heavy atom. The maximum absolute atomic E-state index is 12.1. The molecule has 1 aromatic rings. The fraction of sp³-hybridized carbons (Fsp3) is 0.600. The Kier molecular flexibility index (Phi) is 13.2. The second-order valence-electron chi connectivity index (χ2n) is 6.59. The number of aliphatic hydroxyl groups is 4. The maximum Gasteiger partial charge on any atom is 0.224 e. The number of nitrogens with one attached hydrogen (secondary N) is 2. The van der Waals surface area contributed by atoms with Crippen LogP contribution in [-0.4, -0.2) is 108 Å². The van der Waals surface area contributed by atoms with Gasteiger partial charge in [-0.25, -0.2) is 0 Å². The van der Waals surface area contributed by atoms with E-state index in [0.717, 1.165) is 11.4 Å². The summed E-state index contributed by atoms with van der Waals surface area (Å²) < 4.78 is 0. The number of carbonyl (C=O) groups excluding carboxylic acids is 2. The number of benzene rings is 1. The van der Waals surface area contributed by atoms with Crippen molar-refractivity contribution in [1.29, 1.82) is 0 Å². The lowest BCUT2D eigenvalue weighted by Gasteiger charge is -2.21. The third kappa shape index (κ3) is 9.88. The molecular formula is C20H34N4O6. The zero-order valence-corrected chi connectivity index (χ0v) is 17.3. The Balaban J connectivity index is 2.36. The molecule has 0 bridgehead atoms. The van der Waals surface area contributed by atoms with E-state index in [2.05, 4.69) is 10.6 Å². The summed E-state index contributed by atoms with van der Waals surface area (Å²) in [6.07, 6.45) is 0.501. The molecular weight excluding hydrogens is 392 g/mol. The van der Waals surface area contributed by atoms with Gasteiger partial charge in [0.1, 0.15) is 0 Å². The third-order valence-corrected chi connectivity index (χ3v) is 4.41. The standard InChI is InChI=1S/C20H34N4O6/c25-13-9-23(10-14-26)19(29)5-7-21-17-1-2-18(4-3-17)22-8-6-20(30)24(11-15-27)12-16-28/h1-4,21-22,25-28H,5-16H2. The van der Waals surface area contributed by atoms with Gasteiger partial charge in [-0.3, -0.25) is 9.59 Å². The highest BCUT2D eigenvalue weighted by Crippen LogP contribution is 2.13. The van der Waals surface area contributed by atoms with E-state index in [1.807, 2.05) is 24.3 Å². The first-order chi connectivity index (χ1) is 14.5. The van der Waals surface area contributed by atoms with Gasteiger partial charge in [0, 0.05) is 63.5 Å². The molecule has 6 N–H and O–H groups in total. The summed E-state index contributed by atoms with van der Waals surface area (Å²) in [6.45, 7) is 1.14. The minimum absolute atomic E-state index is 0.134. The summed E-state index contributed by atoms with van der Waals surface area (Å²) >= 11 is 0. The average molecular weight is 427 g/mol. The van der Waals surface area contributed by atoms with E-state index in [4.69, 9.17) is 20.4 Å². The monoisotopic (exact) mass is 426 g/mol. The SMILES string of the molecule is O=C(CCNc1ccc(NCCC(=O)N(CCO)CCO)cc1)N(CCO)CCO. The van der Waals surface area contributed by atoms with Crippen molar-refractivity contribution in [2.45, 2.75) is 12.8 Å². The highest BCUT2D eigenvalue weighted by Gasteiger charge is 2.12. The lowest BCUT2D eigenvalue weighted by atomic mass is 10.2. The van der Waals surface area contributed by atoms with E-state index < -0.39 is 0 Å². The first-order valence-electron chi connectivity index (χ1n) is 10.1. The van der Waals surface area contributed by atoms with Gasteiger partial charge >= 0.3 is 0 Å². The molecule has 170 valence electrons. The molecule has 1 rings (SSSR count). The van der Waals surface area contributed by atoms with Crippen LogP contribution in [0, 0.1) is 0 Å². The second kappa shape index (κ2) is 15.4. The number of nitrogens with zero attached hydrogens (tertiary/aromatic N) is 2. The molecule has 0 aliphatic rings. The molecule has 0 aromatic heterocycles. The summed E-state index contributed by atoms with van der Waals surface area (Å²) in [5.74, 6) is -0.269. The topological polar surface area (TPSA) is 146 Å². The summed E-state index contributed by atoms with van der Waals surface area (Å²) in [6, 6.07) is 7.44. The summed E-state index contributed by atoms with van der Waals surface area (Å²) in [5.41, 5.74) is 1.69. The molecule has 0 heterocycles. The van der Waals surface area contributed by atoms with Gasteiger partial charge in [0.2, 0.25) is 11.8 Å². The van der Waals surface area contributed by atoms with Crippen molar-refractivity contribution in [3.8, 4) is 0 Å². The lowest BCUT2D eigenvalue weighted by molar-refractivity contribution is -0.132. The van der Waals surface area contributed by atoms with E-state index in [9.17, 15) is 9.59 Å². The van der Waals surface area contributed by atoms with Crippen molar-refractivity contribution in [3.05, 3.63) is 24.3 Å². The molecule has 0 aliphatic heterocycles. The lowest BCUT2D eigenvalue weighted by Crippen LogP contribution is -2.36. The molecule has 0 fully saturated rings. The van der Waals surface area contributed by atoms with Crippen LogP contribution in [0.25, 0.3) is 0 Å². The molecule has 0 saturated carbocycles. The summed E-state index contributed by atoms with van der Waals surface area (Å²) in [4.78, 5) is 27.0. The van der Waals surface area contributed by atoms with Crippen molar-refractivity contribution >= 4 is 23.2 Å². The summed E-state index contributed by atoms with van der Waals surface area (Å²) in [5, 5.41) is 42.2. The van der Waals surface area contributed by atoms with Crippen LogP contribution in [0.15, 0.2) is 24.3 Å². The van der Waals surface area contributed by atoms with Crippen LogP contribution in [0.4, 0.5) is 11.4 Å². The molecule has 0 atom stereocenters. The van der Waals surface area contributed by atoms with Crippen molar-refractivity contribution in [3.63, 3.8) is 0 Å². The smallest absolute Gasteiger partial charge is 0.224 e. The molecule has 10 nitrogen and oxygen atoms in total. The van der Waals surface area contributed by atoms with Gasteiger partial charge < -0.3 is 40.9 Å². The van der Waals surface area contributed by atoms with Crippen LogP contribution in [0.2, 0.25) is 0 Å². The Morgan fingerprint density at radius 1 is 0.633 bits per heavy atom. The normalized spacial score (nSPS) is 10.5. The number of hydrogen-bond acceptors (Lipinski definition) is 8. The Labute approximate surface area is 177 Å². The third-order valence-electron chi connectivity index (χ3n) is 4.41. The number of rotatable bonds is 16. The van der Waals surface area contributed by atoms with Gasteiger partial charge in [0.25, 0.3) is 0 Å². The van der Waals surface area contributed by atoms with Crippen LogP contribution in [0.5, 0.6) is 0 Å². The van der Waals surface area contributed by atoms with Gasteiger partial charge in [0.05, 0.1) is 26.4 Å². The quantitative estimate of drug-likeness (QED) is 0.196. The molecule has 0 unspecified atom stereocenters. The zero-order valence-electron chi connectivity index (χ0n) is 17.3. The minimum Gasteiger partial charge on any atom is -0.395 e. The Morgan fingerprint density at radius 2 is 0.933 bits per heavy atom. The van der Waals surface area contributed by atoms with Crippen molar-refractivity contribution in [2.24, 2.45) is 0 Å². The molecule has 10 heteroatoms. The molecule has 0 spiro atoms. The van der Waals surface area contributed by atoms with Crippen LogP contribution < -0.4 is 10.6 Å². The van der Waals surface area contributed by atoms with Gasteiger partial charge in [-0.2, -0.15) is 0 Å². The van der Waals surface area contributed by atoms with Crippen LogP contribution in [-0.2, 0) is 9.59 Å². The van der Waals surface area contributed by atoms with E-state index in [1.165, 1.54) is 9.80 Å². The number of hydrogen-bond donors (Lipinski definition) is 6. The Hall–Kier alpha value is -2.40. The van der Waals surface area contributed by atoms with Gasteiger partial charge in [0.15, 0.2) is 0 Å². The molecule has 0 aliphatic carbocycles. The van der Waals surface area contributed by atoms with E-state index >= 15 is 0 Å². The van der Waals surface area contributed by atoms with Crippen molar-refractivity contribution < 1.29 is 30.0 Å². The Bertz CT molecular complexity index is 549. The predicted octanol–water partition coefficient (Wildman–Crippen LogP) is -1.08. The molecule has 30 heavy (non-hydrogen) atoms. The first kappa shape index (κ1) is 25.6. The van der Waals surface area contributed by atoms with Gasteiger partial charge in [-0.05, 0) is 24.3 Å². The van der Waals surface area contributed by atoms with Crippen molar-refractivity contribution in [2.75, 3.05) is 76.3 Å². The van der Waals surface area contributed by atoms with E-state index in [1.54, 1.807) is 0 Å². The van der Waals surface area contributed by atoms with Crippen LogP contribution in [0.3, 0.4) is 0 Å². The van der Waals surface area contributed by atoms with Crippen molar-refractivity contribution in [1.82, 2.24) is 9.80 Å². The molecule has 0 radical (unpaired) electrons. The molecule has 1 aromatic carbocycles. The van der Waals surface area contributed by atoms with E-state index in [0.29, 0.717) is 13.1 Å². The van der Waals surface area contributed by atoms with Crippen LogP contribution in [0.1, 0.15) is 12.8 Å². The summed E-state index contributed by atoms with van der Waals surface area (Å²) in [7, 11) is 0. The number of amides is 2. The number of aliphatic hydroxyl groups excluding tert-OH is 4. The largest absolute Gasteiger partial charge is 0.395 e. The maximum atomic E-state index is 12.1. The van der Waals surface area contributed by atoms with Gasteiger partial charge in [-0.15, -0.1) is 0 Å². The minimum atomic E-state index is -0.139. The van der Waals surface area contributed by atoms with Gasteiger partial charge in [-0.1, -0.05) is 0 Å². The number of anilines is 2. The average Bonchev–Trinajstić information content (AvgIpc) is 2.74. The van der Waals surface area contributed by atoms with Crippen LogP contribution >= 0.6 is 0 Å². The highest BCUT2D eigenvalue weighted by atomic mass is 16.3. The predicted molar refractivity (Wildman–Crippen MR) is 114 cm³/mol. The highest BCUT2D eigenvalue weighted by molar-refractivity contribution is 5.77. The second-order valence-corrected chi connectivity index (χ2v) is 6.59. The fourth-order valence-corrected chi connectivity index (χ4v) is 2.85. The fourth-order valence-electron chi connectivity index (χ4n) is 2.85. The molecule has 2 amide bonds. The molecule has 0 saturated heterocycles.